The Kier molecular flexibility index (Phi) is 4.62. The Morgan fingerprint density at radius 3 is 2.27 bits per heavy atom. The van der Waals surface area contributed by atoms with Crippen LogP contribution >= 0.6 is 15.9 Å². The molecule has 1 unspecified atom stereocenters. The second kappa shape index (κ2) is 5.87. The average Bonchev–Trinajstić information content (AvgIpc) is 2.56. The number of phenols is 1. The van der Waals surface area contributed by atoms with Crippen LogP contribution in [0.15, 0.2) is 22.7 Å². The third kappa shape index (κ3) is 3.31. The van der Waals surface area contributed by atoms with Gasteiger partial charge in [0.15, 0.2) is 0 Å². The molecule has 1 aromatic rings. The van der Waals surface area contributed by atoms with Crippen LogP contribution in [0, 0.1) is 0 Å². The van der Waals surface area contributed by atoms with Crippen LogP contribution in [0.5, 0.6) is 5.75 Å². The Balaban J connectivity index is 2.38. The van der Waals surface area contributed by atoms with Crippen molar-refractivity contribution >= 4 is 29.0 Å². The second-order valence-electron chi connectivity index (χ2n) is 6.53. The number of carboxylic acids is 1. The van der Waals surface area contributed by atoms with Crippen LogP contribution in [0.4, 0.5) is 0 Å². The summed E-state index contributed by atoms with van der Waals surface area (Å²) in [6.07, 6.45) is -0.188. The summed E-state index contributed by atoms with van der Waals surface area (Å²) in [5.74, 6) is -1.54. The zero-order valence-corrected chi connectivity index (χ0v) is 14.7. The molecular weight excluding hydrogens is 351 g/mol. The standard InChI is InChI=1S/C15H20BBrO5/c1-14(2)15(3,4)22-16(21-14)11(8-13(19)20)10-6-5-9(17)7-12(10)18/h5-7,11,18H,8H2,1-4H3,(H,19,20). The lowest BCUT2D eigenvalue weighted by atomic mass is 9.66. The molecule has 0 aliphatic carbocycles. The van der Waals surface area contributed by atoms with Crippen molar-refractivity contribution in [3.8, 4) is 5.75 Å². The molecule has 1 fully saturated rings. The molecule has 1 aromatic carbocycles. The van der Waals surface area contributed by atoms with Gasteiger partial charge in [-0.15, -0.1) is 0 Å². The first-order valence-electron chi connectivity index (χ1n) is 7.09. The number of phenolic OH excluding ortho intramolecular Hbond substituents is 1. The first kappa shape index (κ1) is 17.3. The number of aliphatic carboxylic acids is 1. The van der Waals surface area contributed by atoms with Gasteiger partial charge in [0.25, 0.3) is 0 Å². The molecule has 0 saturated carbocycles. The molecule has 0 radical (unpaired) electrons. The number of rotatable bonds is 4. The highest BCUT2D eigenvalue weighted by Gasteiger charge is 2.54. The molecule has 1 aliphatic heterocycles. The van der Waals surface area contributed by atoms with Crippen molar-refractivity contribution in [2.45, 2.75) is 51.1 Å². The van der Waals surface area contributed by atoms with E-state index in [9.17, 15) is 15.0 Å². The van der Waals surface area contributed by atoms with Crippen LogP contribution in [0.1, 0.15) is 45.5 Å². The molecule has 1 aliphatic rings. The Morgan fingerprint density at radius 2 is 1.82 bits per heavy atom. The third-order valence-electron chi connectivity index (χ3n) is 4.39. The van der Waals surface area contributed by atoms with E-state index in [0.29, 0.717) is 5.56 Å². The quantitative estimate of drug-likeness (QED) is 0.795. The van der Waals surface area contributed by atoms with E-state index in [4.69, 9.17) is 9.31 Å². The number of carboxylic acid groups (broad SMARTS) is 1. The molecular formula is C15H20BBrO5. The lowest BCUT2D eigenvalue weighted by molar-refractivity contribution is -0.137. The van der Waals surface area contributed by atoms with Crippen LogP contribution in [-0.2, 0) is 14.1 Å². The Hall–Kier alpha value is -1.05. The van der Waals surface area contributed by atoms with Gasteiger partial charge >= 0.3 is 13.1 Å². The summed E-state index contributed by atoms with van der Waals surface area (Å²) in [6, 6.07) is 4.99. The number of aromatic hydroxyl groups is 1. The molecule has 2 N–H and O–H groups in total. The van der Waals surface area contributed by atoms with Crippen molar-refractivity contribution in [1.29, 1.82) is 0 Å². The molecule has 0 amide bonds. The van der Waals surface area contributed by atoms with E-state index in [0.717, 1.165) is 4.47 Å². The molecule has 5 nitrogen and oxygen atoms in total. The first-order valence-corrected chi connectivity index (χ1v) is 7.88. The highest BCUT2D eigenvalue weighted by atomic mass is 79.9. The summed E-state index contributed by atoms with van der Waals surface area (Å²) in [6.45, 7) is 7.64. The van der Waals surface area contributed by atoms with Gasteiger partial charge in [-0.05, 0) is 45.4 Å². The van der Waals surface area contributed by atoms with Gasteiger partial charge in [0.05, 0.1) is 17.6 Å². The van der Waals surface area contributed by atoms with Gasteiger partial charge in [-0.3, -0.25) is 4.79 Å². The largest absolute Gasteiger partial charge is 0.508 e. The van der Waals surface area contributed by atoms with Gasteiger partial charge in [-0.25, -0.2) is 0 Å². The van der Waals surface area contributed by atoms with Gasteiger partial charge in [-0.2, -0.15) is 0 Å². The van der Waals surface area contributed by atoms with Crippen molar-refractivity contribution in [2.24, 2.45) is 0 Å². The van der Waals surface area contributed by atoms with E-state index in [1.54, 1.807) is 12.1 Å². The van der Waals surface area contributed by atoms with E-state index in [2.05, 4.69) is 15.9 Å². The van der Waals surface area contributed by atoms with Crippen molar-refractivity contribution in [3.63, 3.8) is 0 Å². The predicted molar refractivity (Wildman–Crippen MR) is 86.9 cm³/mol. The fourth-order valence-electron chi connectivity index (χ4n) is 2.42. The fraction of sp³-hybridized carbons (Fsp3) is 0.533. The van der Waals surface area contributed by atoms with E-state index in [-0.39, 0.29) is 12.2 Å². The SMILES string of the molecule is CC1(C)OB(C(CC(=O)O)c2ccc(Br)cc2O)OC1(C)C. The fourth-order valence-corrected chi connectivity index (χ4v) is 2.77. The highest BCUT2D eigenvalue weighted by Crippen LogP contribution is 2.43. The smallest absolute Gasteiger partial charge is 0.466 e. The molecule has 1 heterocycles. The summed E-state index contributed by atoms with van der Waals surface area (Å²) in [7, 11) is -0.729. The predicted octanol–water partition coefficient (Wildman–Crippen LogP) is 3.34. The van der Waals surface area contributed by atoms with Gasteiger partial charge in [-0.1, -0.05) is 22.0 Å². The van der Waals surface area contributed by atoms with Crippen LogP contribution in [0.2, 0.25) is 0 Å². The Morgan fingerprint density at radius 1 is 1.27 bits per heavy atom. The van der Waals surface area contributed by atoms with E-state index >= 15 is 0 Å². The molecule has 7 heteroatoms. The normalized spacial score (nSPS) is 20.9. The summed E-state index contributed by atoms with van der Waals surface area (Å²) < 4.78 is 12.6. The number of hydrogen-bond donors (Lipinski definition) is 2. The van der Waals surface area contributed by atoms with Crippen LogP contribution in [-0.4, -0.2) is 34.5 Å². The molecule has 22 heavy (non-hydrogen) atoms. The zero-order valence-electron chi connectivity index (χ0n) is 13.1. The number of benzene rings is 1. The Labute approximate surface area is 138 Å². The topological polar surface area (TPSA) is 76.0 Å². The molecule has 0 bridgehead atoms. The van der Waals surface area contributed by atoms with Gasteiger partial charge in [0, 0.05) is 10.3 Å². The summed E-state index contributed by atoms with van der Waals surface area (Å²) >= 11 is 3.28. The summed E-state index contributed by atoms with van der Waals surface area (Å²) in [5.41, 5.74) is -0.608. The number of carbonyl (C=O) groups is 1. The monoisotopic (exact) mass is 370 g/mol. The van der Waals surface area contributed by atoms with E-state index < -0.39 is 30.1 Å². The van der Waals surface area contributed by atoms with Crippen LogP contribution < -0.4 is 0 Å². The molecule has 120 valence electrons. The minimum absolute atomic E-state index is 0.0235. The number of hydrogen-bond acceptors (Lipinski definition) is 4. The number of halogens is 1. The van der Waals surface area contributed by atoms with E-state index in [1.807, 2.05) is 27.7 Å². The summed E-state index contributed by atoms with van der Waals surface area (Å²) in [5, 5.41) is 19.4. The van der Waals surface area contributed by atoms with Gasteiger partial charge in [0.1, 0.15) is 5.75 Å². The molecule has 1 saturated heterocycles. The Bertz CT molecular complexity index is 571. The van der Waals surface area contributed by atoms with Gasteiger partial charge < -0.3 is 19.5 Å². The first-order chi connectivity index (χ1) is 10.0. The lowest BCUT2D eigenvalue weighted by Gasteiger charge is -2.32. The maximum absolute atomic E-state index is 11.2. The molecule has 2 rings (SSSR count). The van der Waals surface area contributed by atoms with Crippen molar-refractivity contribution in [1.82, 2.24) is 0 Å². The third-order valence-corrected chi connectivity index (χ3v) is 4.88. The van der Waals surface area contributed by atoms with Crippen LogP contribution in [0.3, 0.4) is 0 Å². The minimum atomic E-state index is -0.970. The maximum atomic E-state index is 11.2. The van der Waals surface area contributed by atoms with Crippen molar-refractivity contribution < 1.29 is 24.3 Å². The van der Waals surface area contributed by atoms with Crippen molar-refractivity contribution in [3.05, 3.63) is 28.2 Å². The second-order valence-corrected chi connectivity index (χ2v) is 7.45. The average molecular weight is 371 g/mol. The minimum Gasteiger partial charge on any atom is -0.508 e. The molecule has 1 atom stereocenters. The van der Waals surface area contributed by atoms with Gasteiger partial charge in [0.2, 0.25) is 0 Å². The van der Waals surface area contributed by atoms with Crippen LogP contribution in [0.25, 0.3) is 0 Å². The van der Waals surface area contributed by atoms with E-state index in [1.165, 1.54) is 6.07 Å². The van der Waals surface area contributed by atoms with Crippen molar-refractivity contribution in [2.75, 3.05) is 0 Å². The highest BCUT2D eigenvalue weighted by molar-refractivity contribution is 9.10. The molecule has 0 aromatic heterocycles. The molecule has 0 spiro atoms. The maximum Gasteiger partial charge on any atom is 0.466 e. The lowest BCUT2D eigenvalue weighted by Crippen LogP contribution is -2.41. The summed E-state index contributed by atoms with van der Waals surface area (Å²) in [4.78, 5) is 11.2. The zero-order chi connectivity index (χ0) is 16.7.